The van der Waals surface area contributed by atoms with Gasteiger partial charge in [-0.2, -0.15) is 0 Å². The Hall–Kier alpha value is -0.860. The van der Waals surface area contributed by atoms with Crippen LogP contribution in [0.1, 0.15) is 28.5 Å². The van der Waals surface area contributed by atoms with Gasteiger partial charge in [-0.25, -0.2) is 0 Å². The standard InChI is InChI=1S/C12H16O2/c1-8-4-5-9(2)11(10(8)3)12-13-6-7-14-12/h4-5,12H,6-7H2,1-3H3. The molecule has 0 saturated carbocycles. The van der Waals surface area contributed by atoms with Crippen LogP contribution in [0, 0.1) is 20.8 Å². The highest BCUT2D eigenvalue weighted by Crippen LogP contribution is 2.30. The molecule has 0 spiro atoms. The zero-order valence-electron chi connectivity index (χ0n) is 8.96. The van der Waals surface area contributed by atoms with Crippen LogP contribution in [0.2, 0.25) is 0 Å². The summed E-state index contributed by atoms with van der Waals surface area (Å²) in [7, 11) is 0. The topological polar surface area (TPSA) is 18.5 Å². The lowest BCUT2D eigenvalue weighted by molar-refractivity contribution is -0.0450. The van der Waals surface area contributed by atoms with E-state index in [2.05, 4.69) is 32.9 Å². The van der Waals surface area contributed by atoms with Gasteiger partial charge in [0.1, 0.15) is 0 Å². The molecule has 2 nitrogen and oxygen atoms in total. The summed E-state index contributed by atoms with van der Waals surface area (Å²) in [6, 6.07) is 4.27. The van der Waals surface area contributed by atoms with Gasteiger partial charge in [-0.15, -0.1) is 0 Å². The summed E-state index contributed by atoms with van der Waals surface area (Å²) in [6.45, 7) is 7.76. The third-order valence-corrected chi connectivity index (χ3v) is 2.86. The third kappa shape index (κ3) is 1.56. The highest BCUT2D eigenvalue weighted by atomic mass is 16.7. The summed E-state index contributed by atoms with van der Waals surface area (Å²) in [5.74, 6) is 0. The highest BCUT2D eigenvalue weighted by Gasteiger charge is 2.22. The maximum absolute atomic E-state index is 5.53. The van der Waals surface area contributed by atoms with E-state index in [0.717, 1.165) is 0 Å². The Morgan fingerprint density at radius 2 is 1.57 bits per heavy atom. The molecular formula is C12H16O2. The molecule has 0 atom stereocenters. The lowest BCUT2D eigenvalue weighted by Gasteiger charge is -2.17. The lowest BCUT2D eigenvalue weighted by atomic mass is 9.98. The number of aryl methyl sites for hydroxylation is 2. The summed E-state index contributed by atoms with van der Waals surface area (Å²) in [6.07, 6.45) is -0.144. The molecule has 2 rings (SSSR count). The molecule has 0 aliphatic carbocycles. The molecule has 1 heterocycles. The van der Waals surface area contributed by atoms with E-state index in [1.165, 1.54) is 22.3 Å². The van der Waals surface area contributed by atoms with Gasteiger partial charge < -0.3 is 9.47 Å². The predicted molar refractivity (Wildman–Crippen MR) is 55.3 cm³/mol. The van der Waals surface area contributed by atoms with E-state index in [1.807, 2.05) is 0 Å². The molecule has 1 fully saturated rings. The molecular weight excluding hydrogens is 176 g/mol. The van der Waals surface area contributed by atoms with E-state index < -0.39 is 0 Å². The Morgan fingerprint density at radius 1 is 1.00 bits per heavy atom. The average Bonchev–Trinajstić information content (AvgIpc) is 2.65. The van der Waals surface area contributed by atoms with Crippen molar-refractivity contribution in [2.45, 2.75) is 27.1 Å². The minimum absolute atomic E-state index is 0.144. The normalized spacial score (nSPS) is 17.6. The molecule has 0 aromatic heterocycles. The van der Waals surface area contributed by atoms with Gasteiger partial charge in [0.2, 0.25) is 0 Å². The van der Waals surface area contributed by atoms with Crippen LogP contribution < -0.4 is 0 Å². The SMILES string of the molecule is Cc1ccc(C)c(C2OCCO2)c1C. The predicted octanol–water partition coefficient (Wildman–Crippen LogP) is 2.66. The maximum atomic E-state index is 5.53. The lowest BCUT2D eigenvalue weighted by Crippen LogP contribution is -2.04. The molecule has 0 radical (unpaired) electrons. The van der Waals surface area contributed by atoms with Crippen LogP contribution in [0.4, 0.5) is 0 Å². The largest absolute Gasteiger partial charge is 0.346 e. The van der Waals surface area contributed by atoms with Crippen LogP contribution in [0.3, 0.4) is 0 Å². The number of ether oxygens (including phenoxy) is 2. The van der Waals surface area contributed by atoms with Gasteiger partial charge in [0.25, 0.3) is 0 Å². The van der Waals surface area contributed by atoms with Crippen molar-refractivity contribution in [3.8, 4) is 0 Å². The Kier molecular flexibility index (Phi) is 2.57. The maximum Gasteiger partial charge on any atom is 0.184 e. The van der Waals surface area contributed by atoms with Gasteiger partial charge in [0, 0.05) is 5.56 Å². The van der Waals surface area contributed by atoms with Crippen molar-refractivity contribution in [2.75, 3.05) is 13.2 Å². The monoisotopic (exact) mass is 192 g/mol. The van der Waals surface area contributed by atoms with Gasteiger partial charge in [0.15, 0.2) is 6.29 Å². The molecule has 0 unspecified atom stereocenters. The Labute approximate surface area is 84.8 Å². The van der Waals surface area contributed by atoms with Crippen molar-refractivity contribution in [2.24, 2.45) is 0 Å². The zero-order valence-corrected chi connectivity index (χ0v) is 8.96. The second-order valence-electron chi connectivity index (χ2n) is 3.81. The summed E-state index contributed by atoms with van der Waals surface area (Å²) < 4.78 is 11.1. The van der Waals surface area contributed by atoms with Gasteiger partial charge in [-0.1, -0.05) is 12.1 Å². The van der Waals surface area contributed by atoms with Crippen molar-refractivity contribution in [1.29, 1.82) is 0 Å². The second kappa shape index (κ2) is 3.71. The van der Waals surface area contributed by atoms with Gasteiger partial charge in [-0.3, -0.25) is 0 Å². The van der Waals surface area contributed by atoms with E-state index in [0.29, 0.717) is 13.2 Å². The summed E-state index contributed by atoms with van der Waals surface area (Å²) in [5, 5.41) is 0. The van der Waals surface area contributed by atoms with Crippen LogP contribution >= 0.6 is 0 Å². The average molecular weight is 192 g/mol. The molecule has 0 N–H and O–H groups in total. The molecule has 1 aliphatic heterocycles. The number of benzene rings is 1. The minimum Gasteiger partial charge on any atom is -0.346 e. The molecule has 0 amide bonds. The fourth-order valence-electron chi connectivity index (χ4n) is 1.86. The summed E-state index contributed by atoms with van der Waals surface area (Å²) in [5.41, 5.74) is 5.05. The third-order valence-electron chi connectivity index (χ3n) is 2.86. The van der Waals surface area contributed by atoms with Crippen molar-refractivity contribution >= 4 is 0 Å². The van der Waals surface area contributed by atoms with E-state index in [4.69, 9.17) is 9.47 Å². The fourth-order valence-corrected chi connectivity index (χ4v) is 1.86. The molecule has 1 saturated heterocycles. The summed E-state index contributed by atoms with van der Waals surface area (Å²) >= 11 is 0. The Bertz CT molecular complexity index is 338. The van der Waals surface area contributed by atoms with Crippen molar-refractivity contribution in [1.82, 2.24) is 0 Å². The number of rotatable bonds is 1. The number of hydrogen-bond donors (Lipinski definition) is 0. The molecule has 1 aromatic carbocycles. The van der Waals surface area contributed by atoms with Crippen LogP contribution in [-0.4, -0.2) is 13.2 Å². The highest BCUT2D eigenvalue weighted by molar-refractivity contribution is 5.40. The number of hydrogen-bond acceptors (Lipinski definition) is 2. The van der Waals surface area contributed by atoms with Gasteiger partial charge >= 0.3 is 0 Å². The molecule has 2 heteroatoms. The van der Waals surface area contributed by atoms with Crippen LogP contribution in [-0.2, 0) is 9.47 Å². The van der Waals surface area contributed by atoms with Crippen molar-refractivity contribution < 1.29 is 9.47 Å². The van der Waals surface area contributed by atoms with Crippen molar-refractivity contribution in [3.05, 3.63) is 34.4 Å². The van der Waals surface area contributed by atoms with Gasteiger partial charge in [-0.05, 0) is 37.5 Å². The molecule has 0 bridgehead atoms. The van der Waals surface area contributed by atoms with E-state index >= 15 is 0 Å². The fraction of sp³-hybridized carbons (Fsp3) is 0.500. The van der Waals surface area contributed by atoms with Gasteiger partial charge in [0.05, 0.1) is 13.2 Å². The first-order valence-electron chi connectivity index (χ1n) is 5.00. The van der Waals surface area contributed by atoms with E-state index in [1.54, 1.807) is 0 Å². The zero-order chi connectivity index (χ0) is 10.1. The molecule has 14 heavy (non-hydrogen) atoms. The first kappa shape index (κ1) is 9.69. The first-order valence-corrected chi connectivity index (χ1v) is 5.00. The van der Waals surface area contributed by atoms with Crippen LogP contribution in [0.25, 0.3) is 0 Å². The second-order valence-corrected chi connectivity index (χ2v) is 3.81. The van der Waals surface area contributed by atoms with E-state index in [9.17, 15) is 0 Å². The van der Waals surface area contributed by atoms with Crippen LogP contribution in [0.5, 0.6) is 0 Å². The smallest absolute Gasteiger partial charge is 0.184 e. The molecule has 76 valence electrons. The summed E-state index contributed by atoms with van der Waals surface area (Å²) in [4.78, 5) is 0. The quantitative estimate of drug-likeness (QED) is 0.681. The van der Waals surface area contributed by atoms with Crippen LogP contribution in [0.15, 0.2) is 12.1 Å². The Morgan fingerprint density at radius 3 is 2.21 bits per heavy atom. The minimum atomic E-state index is -0.144. The first-order chi connectivity index (χ1) is 6.70. The molecule has 1 aromatic rings. The molecule has 1 aliphatic rings. The van der Waals surface area contributed by atoms with Crippen molar-refractivity contribution in [3.63, 3.8) is 0 Å². The van der Waals surface area contributed by atoms with E-state index in [-0.39, 0.29) is 6.29 Å². The Balaban J connectivity index is 2.44.